The maximum Gasteiger partial charge on any atom is 0.121 e. The molecule has 0 unspecified atom stereocenters. The van der Waals surface area contributed by atoms with Gasteiger partial charge in [0.05, 0.1) is 0 Å². The van der Waals surface area contributed by atoms with Crippen molar-refractivity contribution in [3.05, 3.63) is 0 Å². The molecule has 0 aromatic rings. The molecule has 0 N–H and O–H groups in total. The van der Waals surface area contributed by atoms with Crippen LogP contribution in [0.1, 0.15) is 59.3 Å². The molecule has 0 atom stereocenters. The molecular formula is C11H22B. The van der Waals surface area contributed by atoms with Crippen molar-refractivity contribution in [1.29, 1.82) is 0 Å². The van der Waals surface area contributed by atoms with Crippen molar-refractivity contribution >= 4 is 7.28 Å². The van der Waals surface area contributed by atoms with Gasteiger partial charge < -0.3 is 0 Å². The lowest BCUT2D eigenvalue weighted by atomic mass is 9.45. The maximum absolute atomic E-state index is 2.61. The van der Waals surface area contributed by atoms with Gasteiger partial charge in [0.15, 0.2) is 0 Å². The van der Waals surface area contributed by atoms with Crippen LogP contribution in [0.4, 0.5) is 0 Å². The Bertz CT molecular complexity index is 123. The van der Waals surface area contributed by atoms with Crippen LogP contribution in [0, 0.1) is 0 Å². The molecular weight excluding hydrogens is 143 g/mol. The van der Waals surface area contributed by atoms with Crippen LogP contribution < -0.4 is 0 Å². The molecule has 0 bridgehead atoms. The van der Waals surface area contributed by atoms with Crippen molar-refractivity contribution in [3.63, 3.8) is 0 Å². The zero-order valence-electron chi connectivity index (χ0n) is 8.90. The van der Waals surface area contributed by atoms with Crippen LogP contribution in [-0.4, -0.2) is 7.28 Å². The van der Waals surface area contributed by atoms with Gasteiger partial charge in [-0.05, 0) is 0 Å². The van der Waals surface area contributed by atoms with Crippen molar-refractivity contribution in [2.45, 2.75) is 70.4 Å². The molecule has 69 valence electrons. The van der Waals surface area contributed by atoms with Crippen LogP contribution >= 0.6 is 0 Å². The Labute approximate surface area is 78.4 Å². The SMILES string of the molecule is CCCC(C)(C)[B]C1CCCC1. The van der Waals surface area contributed by atoms with Crippen molar-refractivity contribution in [2.75, 3.05) is 0 Å². The molecule has 1 fully saturated rings. The van der Waals surface area contributed by atoms with Gasteiger partial charge in [-0.3, -0.25) is 0 Å². The summed E-state index contributed by atoms with van der Waals surface area (Å²) < 4.78 is 0. The third-order valence-electron chi connectivity index (χ3n) is 2.98. The van der Waals surface area contributed by atoms with E-state index in [1.807, 2.05) is 0 Å². The molecule has 1 aliphatic rings. The monoisotopic (exact) mass is 165 g/mol. The number of hydrogen-bond acceptors (Lipinski definition) is 0. The predicted molar refractivity (Wildman–Crippen MR) is 56.9 cm³/mol. The highest BCUT2D eigenvalue weighted by molar-refractivity contribution is 6.41. The first-order valence-corrected chi connectivity index (χ1v) is 5.50. The van der Waals surface area contributed by atoms with Crippen molar-refractivity contribution in [3.8, 4) is 0 Å². The third-order valence-corrected chi connectivity index (χ3v) is 2.98. The summed E-state index contributed by atoms with van der Waals surface area (Å²) in [4.78, 5) is 0. The molecule has 0 heterocycles. The molecule has 12 heavy (non-hydrogen) atoms. The fourth-order valence-corrected chi connectivity index (χ4v) is 2.49. The minimum Gasteiger partial charge on any atom is -0.0682 e. The second-order valence-electron chi connectivity index (χ2n) is 4.95. The molecule has 1 rings (SSSR count). The molecule has 0 spiro atoms. The van der Waals surface area contributed by atoms with Gasteiger partial charge in [-0.2, -0.15) is 0 Å². The second kappa shape index (κ2) is 4.34. The molecule has 1 saturated carbocycles. The molecule has 0 aliphatic heterocycles. The smallest absolute Gasteiger partial charge is 0.0682 e. The van der Waals surface area contributed by atoms with Crippen molar-refractivity contribution < 1.29 is 0 Å². The van der Waals surface area contributed by atoms with E-state index in [0.717, 1.165) is 5.82 Å². The lowest BCUT2D eigenvalue weighted by Crippen LogP contribution is -2.16. The summed E-state index contributed by atoms with van der Waals surface area (Å²) in [6.45, 7) is 7.05. The summed E-state index contributed by atoms with van der Waals surface area (Å²) in [6, 6.07) is 0. The first kappa shape index (κ1) is 10.1. The lowest BCUT2D eigenvalue weighted by Gasteiger charge is -2.26. The summed E-state index contributed by atoms with van der Waals surface area (Å²) >= 11 is 0. The molecule has 0 aromatic heterocycles. The Balaban J connectivity index is 2.27. The summed E-state index contributed by atoms with van der Waals surface area (Å²) in [6.07, 6.45) is 8.49. The van der Waals surface area contributed by atoms with Gasteiger partial charge in [-0.15, -0.1) is 0 Å². The zero-order valence-corrected chi connectivity index (χ0v) is 8.90. The van der Waals surface area contributed by atoms with E-state index >= 15 is 0 Å². The minimum atomic E-state index is 0.490. The van der Waals surface area contributed by atoms with E-state index in [1.54, 1.807) is 0 Å². The topological polar surface area (TPSA) is 0 Å². The molecule has 1 heteroatoms. The van der Waals surface area contributed by atoms with E-state index in [4.69, 9.17) is 0 Å². The Kier molecular flexibility index (Phi) is 3.67. The van der Waals surface area contributed by atoms with Crippen molar-refractivity contribution in [1.82, 2.24) is 0 Å². The number of rotatable bonds is 4. The van der Waals surface area contributed by atoms with Gasteiger partial charge in [0.25, 0.3) is 0 Å². The fourth-order valence-electron chi connectivity index (χ4n) is 2.49. The van der Waals surface area contributed by atoms with E-state index < -0.39 is 0 Å². The highest BCUT2D eigenvalue weighted by Crippen LogP contribution is 2.39. The van der Waals surface area contributed by atoms with Crippen LogP contribution in [-0.2, 0) is 0 Å². The highest BCUT2D eigenvalue weighted by atomic mass is 14.2. The standard InChI is InChI=1S/C11H22B/c1-4-9-11(2,3)12-10-7-5-6-8-10/h10H,4-9H2,1-3H3. The summed E-state index contributed by atoms with van der Waals surface area (Å²) in [5, 5.41) is 0.490. The van der Waals surface area contributed by atoms with E-state index in [2.05, 4.69) is 28.1 Å². The molecule has 0 amide bonds. The Morgan fingerprint density at radius 3 is 2.33 bits per heavy atom. The fraction of sp³-hybridized carbons (Fsp3) is 1.00. The predicted octanol–water partition coefficient (Wildman–Crippen LogP) is 4.05. The van der Waals surface area contributed by atoms with Gasteiger partial charge in [0, 0.05) is 0 Å². The van der Waals surface area contributed by atoms with Crippen LogP contribution in [0.25, 0.3) is 0 Å². The molecule has 0 nitrogen and oxygen atoms in total. The highest BCUT2D eigenvalue weighted by Gasteiger charge is 2.25. The Morgan fingerprint density at radius 1 is 1.25 bits per heavy atom. The quantitative estimate of drug-likeness (QED) is 0.551. The summed E-state index contributed by atoms with van der Waals surface area (Å²) in [7, 11) is 2.61. The normalized spacial score (nSPS) is 19.9. The first-order valence-electron chi connectivity index (χ1n) is 5.50. The zero-order chi connectivity index (χ0) is 9.03. The van der Waals surface area contributed by atoms with E-state index in [9.17, 15) is 0 Å². The van der Waals surface area contributed by atoms with Gasteiger partial charge in [-0.25, -0.2) is 0 Å². The second-order valence-corrected chi connectivity index (χ2v) is 4.95. The molecule has 1 radical (unpaired) electrons. The Morgan fingerprint density at radius 2 is 1.83 bits per heavy atom. The maximum atomic E-state index is 2.61. The summed E-state index contributed by atoms with van der Waals surface area (Å²) in [5.74, 6) is 0.937. The van der Waals surface area contributed by atoms with Crippen LogP contribution in [0.5, 0.6) is 0 Å². The lowest BCUT2D eigenvalue weighted by molar-refractivity contribution is 0.580. The molecule has 0 aromatic carbocycles. The van der Waals surface area contributed by atoms with E-state index in [1.165, 1.54) is 38.5 Å². The van der Waals surface area contributed by atoms with Gasteiger partial charge in [-0.1, -0.05) is 70.4 Å². The van der Waals surface area contributed by atoms with Crippen LogP contribution in [0.3, 0.4) is 0 Å². The number of hydrogen-bond donors (Lipinski definition) is 0. The Hall–Kier alpha value is 0.0649. The van der Waals surface area contributed by atoms with E-state index in [-0.39, 0.29) is 0 Å². The largest absolute Gasteiger partial charge is 0.121 e. The average molecular weight is 165 g/mol. The van der Waals surface area contributed by atoms with Gasteiger partial charge in [0.2, 0.25) is 0 Å². The summed E-state index contributed by atoms with van der Waals surface area (Å²) in [5.41, 5.74) is 0. The molecule has 1 aliphatic carbocycles. The van der Waals surface area contributed by atoms with Gasteiger partial charge >= 0.3 is 0 Å². The van der Waals surface area contributed by atoms with Gasteiger partial charge in [0.1, 0.15) is 7.28 Å². The van der Waals surface area contributed by atoms with Crippen LogP contribution in [0.15, 0.2) is 0 Å². The first-order chi connectivity index (χ1) is 5.64. The van der Waals surface area contributed by atoms with Crippen LogP contribution in [0.2, 0.25) is 11.1 Å². The third kappa shape index (κ3) is 3.20. The minimum absolute atomic E-state index is 0.490. The van der Waals surface area contributed by atoms with E-state index in [0.29, 0.717) is 5.31 Å². The average Bonchev–Trinajstić information content (AvgIpc) is 2.38. The van der Waals surface area contributed by atoms with Crippen molar-refractivity contribution in [2.24, 2.45) is 0 Å². The molecule has 0 saturated heterocycles.